The van der Waals surface area contributed by atoms with Gasteiger partial charge in [0.2, 0.25) is 0 Å². The lowest BCUT2D eigenvalue weighted by Crippen LogP contribution is -2.44. The molecule has 1 aromatic heterocycles. The molecule has 5 heteroatoms. The van der Waals surface area contributed by atoms with Crippen molar-refractivity contribution >= 4 is 5.96 Å². The second-order valence-electron chi connectivity index (χ2n) is 5.50. The fraction of sp³-hybridized carbons (Fsp3) is 0.625. The summed E-state index contributed by atoms with van der Waals surface area (Å²) in [5, 5.41) is 6.78. The van der Waals surface area contributed by atoms with Crippen LogP contribution in [0.15, 0.2) is 23.3 Å². The first-order valence-electron chi connectivity index (χ1n) is 7.83. The zero-order valence-corrected chi connectivity index (χ0v) is 13.4. The first kappa shape index (κ1) is 15.8. The number of guanidine groups is 1. The van der Waals surface area contributed by atoms with Crippen molar-refractivity contribution in [3.63, 3.8) is 0 Å². The van der Waals surface area contributed by atoms with Crippen LogP contribution in [-0.2, 0) is 6.54 Å². The summed E-state index contributed by atoms with van der Waals surface area (Å²) < 4.78 is 0. The van der Waals surface area contributed by atoms with Gasteiger partial charge in [-0.15, -0.1) is 0 Å². The first-order chi connectivity index (χ1) is 10.2. The smallest absolute Gasteiger partial charge is 0.191 e. The van der Waals surface area contributed by atoms with E-state index >= 15 is 0 Å². The maximum Gasteiger partial charge on any atom is 0.191 e. The molecule has 2 heterocycles. The number of pyridine rings is 1. The van der Waals surface area contributed by atoms with Gasteiger partial charge in [-0.3, -0.25) is 14.9 Å². The Morgan fingerprint density at radius 1 is 1.48 bits per heavy atom. The average Bonchev–Trinajstić information content (AvgIpc) is 2.96. The molecular formula is C16H27N5. The molecule has 1 unspecified atom stereocenters. The van der Waals surface area contributed by atoms with Crippen molar-refractivity contribution in [3.05, 3.63) is 29.6 Å². The Morgan fingerprint density at radius 3 is 3.05 bits per heavy atom. The van der Waals surface area contributed by atoms with Gasteiger partial charge in [-0.2, -0.15) is 0 Å². The number of rotatable bonds is 5. The Morgan fingerprint density at radius 2 is 2.33 bits per heavy atom. The third kappa shape index (κ3) is 4.43. The highest BCUT2D eigenvalue weighted by Gasteiger charge is 2.22. The number of likely N-dealkylation sites (tertiary alicyclic amines) is 1. The number of nitrogens with zero attached hydrogens (tertiary/aromatic N) is 3. The SMILES string of the molecule is CCN1CCCC1CNC(=NC)NCc1ncccc1C. The molecule has 5 nitrogen and oxygen atoms in total. The van der Waals surface area contributed by atoms with Crippen LogP contribution in [-0.4, -0.2) is 48.6 Å². The zero-order valence-electron chi connectivity index (χ0n) is 13.4. The number of likely N-dealkylation sites (N-methyl/N-ethyl adjacent to an activating group) is 1. The summed E-state index contributed by atoms with van der Waals surface area (Å²) in [5.74, 6) is 0.850. The molecule has 1 atom stereocenters. The number of nitrogens with one attached hydrogen (secondary N) is 2. The summed E-state index contributed by atoms with van der Waals surface area (Å²) in [5.41, 5.74) is 2.27. The number of aryl methyl sites for hydroxylation is 1. The highest BCUT2D eigenvalue weighted by Crippen LogP contribution is 2.15. The van der Waals surface area contributed by atoms with Crippen LogP contribution in [0.5, 0.6) is 0 Å². The molecule has 0 aliphatic carbocycles. The van der Waals surface area contributed by atoms with Crippen molar-refractivity contribution in [3.8, 4) is 0 Å². The third-order valence-corrected chi connectivity index (χ3v) is 4.18. The summed E-state index contributed by atoms with van der Waals surface area (Å²) in [7, 11) is 1.81. The maximum atomic E-state index is 4.39. The quantitative estimate of drug-likeness (QED) is 0.638. The predicted octanol–water partition coefficient (Wildman–Crippen LogP) is 1.54. The van der Waals surface area contributed by atoms with Gasteiger partial charge in [-0.1, -0.05) is 13.0 Å². The van der Waals surface area contributed by atoms with Crippen LogP contribution < -0.4 is 10.6 Å². The average molecular weight is 289 g/mol. The van der Waals surface area contributed by atoms with Crippen molar-refractivity contribution in [2.45, 2.75) is 39.3 Å². The summed E-state index contributed by atoms with van der Waals surface area (Å²) in [6, 6.07) is 4.67. The molecule has 0 bridgehead atoms. The van der Waals surface area contributed by atoms with Gasteiger partial charge >= 0.3 is 0 Å². The van der Waals surface area contributed by atoms with Gasteiger partial charge in [-0.05, 0) is 44.5 Å². The zero-order chi connectivity index (χ0) is 15.1. The van der Waals surface area contributed by atoms with Crippen LogP contribution in [0, 0.1) is 6.92 Å². The molecule has 2 N–H and O–H groups in total. The summed E-state index contributed by atoms with van der Waals surface area (Å²) in [4.78, 5) is 11.2. The van der Waals surface area contributed by atoms with Crippen LogP contribution in [0.3, 0.4) is 0 Å². The fourth-order valence-corrected chi connectivity index (χ4v) is 2.85. The van der Waals surface area contributed by atoms with Gasteiger partial charge in [0.15, 0.2) is 5.96 Å². The molecule has 21 heavy (non-hydrogen) atoms. The highest BCUT2D eigenvalue weighted by molar-refractivity contribution is 5.79. The molecule has 1 aliphatic rings. The molecule has 2 rings (SSSR count). The van der Waals surface area contributed by atoms with E-state index in [4.69, 9.17) is 0 Å². The standard InChI is InChI=1S/C16H27N5/c1-4-21-10-6-8-14(21)11-19-16(17-3)20-12-15-13(2)7-5-9-18-15/h5,7,9,14H,4,6,8,10-12H2,1-3H3,(H2,17,19,20). The lowest BCUT2D eigenvalue weighted by molar-refractivity contribution is 0.267. The largest absolute Gasteiger partial charge is 0.355 e. The van der Waals surface area contributed by atoms with Crippen LogP contribution in [0.1, 0.15) is 31.0 Å². The summed E-state index contributed by atoms with van der Waals surface area (Å²) in [6.07, 6.45) is 4.41. The van der Waals surface area contributed by atoms with Gasteiger partial charge < -0.3 is 10.6 Å². The van der Waals surface area contributed by atoms with Gasteiger partial charge in [0.1, 0.15) is 0 Å². The van der Waals surface area contributed by atoms with Crippen molar-refractivity contribution in [1.82, 2.24) is 20.5 Å². The molecule has 1 saturated heterocycles. The van der Waals surface area contributed by atoms with Gasteiger partial charge in [0.25, 0.3) is 0 Å². The summed E-state index contributed by atoms with van der Waals surface area (Å²) in [6.45, 7) is 8.32. The van der Waals surface area contributed by atoms with E-state index in [1.807, 2.05) is 19.3 Å². The van der Waals surface area contributed by atoms with Crippen molar-refractivity contribution in [1.29, 1.82) is 0 Å². The molecule has 1 fully saturated rings. The van der Waals surface area contributed by atoms with Crippen molar-refractivity contribution < 1.29 is 0 Å². The second kappa shape index (κ2) is 7.98. The Bertz CT molecular complexity index is 471. The molecule has 0 saturated carbocycles. The van der Waals surface area contributed by atoms with E-state index in [-0.39, 0.29) is 0 Å². The molecule has 116 valence electrons. The monoisotopic (exact) mass is 289 g/mol. The molecular weight excluding hydrogens is 262 g/mol. The predicted molar refractivity (Wildman–Crippen MR) is 87.4 cm³/mol. The van der Waals surface area contributed by atoms with E-state index in [1.54, 1.807) is 0 Å². The van der Waals surface area contributed by atoms with E-state index in [1.165, 1.54) is 24.9 Å². The maximum absolute atomic E-state index is 4.39. The Labute approximate surface area is 127 Å². The molecule has 0 spiro atoms. The van der Waals surface area contributed by atoms with E-state index in [0.29, 0.717) is 12.6 Å². The third-order valence-electron chi connectivity index (χ3n) is 4.18. The van der Waals surface area contributed by atoms with E-state index < -0.39 is 0 Å². The summed E-state index contributed by atoms with van der Waals surface area (Å²) >= 11 is 0. The highest BCUT2D eigenvalue weighted by atomic mass is 15.2. The van der Waals surface area contributed by atoms with Gasteiger partial charge in [-0.25, -0.2) is 0 Å². The normalized spacial score (nSPS) is 19.8. The van der Waals surface area contributed by atoms with Crippen LogP contribution in [0.2, 0.25) is 0 Å². The number of aromatic nitrogens is 1. The van der Waals surface area contributed by atoms with Gasteiger partial charge in [0, 0.05) is 25.8 Å². The molecule has 1 aliphatic heterocycles. The minimum absolute atomic E-state index is 0.630. The Kier molecular flexibility index (Phi) is 5.99. The van der Waals surface area contributed by atoms with Crippen LogP contribution >= 0.6 is 0 Å². The molecule has 0 aromatic carbocycles. The molecule has 0 radical (unpaired) electrons. The second-order valence-corrected chi connectivity index (χ2v) is 5.50. The van der Waals surface area contributed by atoms with Crippen LogP contribution in [0.4, 0.5) is 0 Å². The Balaban J connectivity index is 1.80. The lowest BCUT2D eigenvalue weighted by Gasteiger charge is -2.24. The molecule has 1 aromatic rings. The first-order valence-corrected chi connectivity index (χ1v) is 7.83. The minimum Gasteiger partial charge on any atom is -0.355 e. The fourth-order valence-electron chi connectivity index (χ4n) is 2.85. The number of hydrogen-bond donors (Lipinski definition) is 2. The van der Waals surface area contributed by atoms with E-state index in [2.05, 4.69) is 45.4 Å². The van der Waals surface area contributed by atoms with Crippen LogP contribution in [0.25, 0.3) is 0 Å². The molecule has 0 amide bonds. The number of hydrogen-bond acceptors (Lipinski definition) is 3. The Hall–Kier alpha value is -1.62. The number of aliphatic imine (C=N–C) groups is 1. The topological polar surface area (TPSA) is 52.5 Å². The van der Waals surface area contributed by atoms with E-state index in [9.17, 15) is 0 Å². The van der Waals surface area contributed by atoms with Gasteiger partial charge in [0.05, 0.1) is 12.2 Å². The van der Waals surface area contributed by atoms with Crippen molar-refractivity contribution in [2.75, 3.05) is 26.7 Å². The van der Waals surface area contributed by atoms with E-state index in [0.717, 1.165) is 24.7 Å². The van der Waals surface area contributed by atoms with Crippen molar-refractivity contribution in [2.24, 2.45) is 4.99 Å². The minimum atomic E-state index is 0.630. The lowest BCUT2D eigenvalue weighted by atomic mass is 10.2.